The molecule has 0 aromatic carbocycles. The number of hydrogen-bond acceptors (Lipinski definition) is 3. The smallest absolute Gasteiger partial charge is 0.471 e. The highest BCUT2D eigenvalue weighted by molar-refractivity contribution is 5.87. The number of rotatable bonds is 2. The summed E-state index contributed by atoms with van der Waals surface area (Å²) < 4.78 is 54.9. The number of methoxy groups -OCH3 is 1. The van der Waals surface area contributed by atoms with Gasteiger partial charge in [0.1, 0.15) is 12.2 Å². The minimum Gasteiger partial charge on any atom is -0.480 e. The van der Waals surface area contributed by atoms with Crippen molar-refractivity contribution in [3.05, 3.63) is 0 Å². The Labute approximate surface area is 99.3 Å². The number of amides is 1. The van der Waals surface area contributed by atoms with E-state index in [1.165, 1.54) is 0 Å². The summed E-state index contributed by atoms with van der Waals surface area (Å²) in [6.07, 6.45) is -9.64. The van der Waals surface area contributed by atoms with Crippen LogP contribution in [0.4, 0.5) is 17.6 Å². The molecule has 1 rings (SSSR count). The molecule has 0 bridgehead atoms. The number of ether oxygens (including phenoxy) is 1. The topological polar surface area (TPSA) is 66.8 Å². The Morgan fingerprint density at radius 1 is 1.33 bits per heavy atom. The van der Waals surface area contributed by atoms with Gasteiger partial charge in [-0.25, -0.2) is 9.18 Å². The highest BCUT2D eigenvalue weighted by atomic mass is 19.4. The number of carboxylic acid groups (broad SMARTS) is 1. The van der Waals surface area contributed by atoms with E-state index in [2.05, 4.69) is 4.74 Å². The summed E-state index contributed by atoms with van der Waals surface area (Å²) in [5.41, 5.74) is 0. The third-order valence-corrected chi connectivity index (χ3v) is 2.64. The maximum absolute atomic E-state index is 13.4. The molecule has 1 N–H and O–H groups in total. The molecule has 18 heavy (non-hydrogen) atoms. The average Bonchev–Trinajstić information content (AvgIpc) is 2.25. The van der Waals surface area contributed by atoms with Crippen LogP contribution in [0.2, 0.25) is 0 Å². The number of halogens is 4. The van der Waals surface area contributed by atoms with Crippen molar-refractivity contribution >= 4 is 11.9 Å². The predicted molar refractivity (Wildman–Crippen MR) is 49.3 cm³/mol. The van der Waals surface area contributed by atoms with Gasteiger partial charge in [0, 0.05) is 7.11 Å². The molecule has 5 nitrogen and oxygen atoms in total. The van der Waals surface area contributed by atoms with Crippen LogP contribution in [0.25, 0.3) is 0 Å². The lowest BCUT2D eigenvalue weighted by atomic mass is 9.99. The fourth-order valence-electron chi connectivity index (χ4n) is 1.86. The molecule has 1 heterocycles. The van der Waals surface area contributed by atoms with Crippen molar-refractivity contribution in [3.63, 3.8) is 0 Å². The Morgan fingerprint density at radius 2 is 1.89 bits per heavy atom. The van der Waals surface area contributed by atoms with E-state index in [0.29, 0.717) is 0 Å². The largest absolute Gasteiger partial charge is 0.480 e. The van der Waals surface area contributed by atoms with Crippen molar-refractivity contribution in [2.45, 2.75) is 37.5 Å². The van der Waals surface area contributed by atoms with Gasteiger partial charge in [0.25, 0.3) is 0 Å². The van der Waals surface area contributed by atoms with Gasteiger partial charge >= 0.3 is 18.1 Å². The molecular formula is C9H11F4NO4. The van der Waals surface area contributed by atoms with Crippen LogP contribution in [-0.2, 0) is 14.3 Å². The first-order valence-electron chi connectivity index (χ1n) is 4.99. The molecule has 1 amide bonds. The number of alkyl halides is 4. The first kappa shape index (κ1) is 14.7. The van der Waals surface area contributed by atoms with Crippen molar-refractivity contribution < 1.29 is 37.0 Å². The molecule has 1 aliphatic heterocycles. The summed E-state index contributed by atoms with van der Waals surface area (Å²) in [7, 11) is 0.915. The lowest BCUT2D eigenvalue weighted by molar-refractivity contribution is -0.212. The fraction of sp³-hybridized carbons (Fsp3) is 0.778. The van der Waals surface area contributed by atoms with Gasteiger partial charge in [-0.1, -0.05) is 0 Å². The molecule has 0 spiro atoms. The highest BCUT2D eigenvalue weighted by Gasteiger charge is 2.52. The number of aliphatic carboxylic acids is 1. The second-order valence-corrected chi connectivity index (χ2v) is 3.78. The molecule has 104 valence electrons. The van der Waals surface area contributed by atoms with Crippen LogP contribution < -0.4 is 0 Å². The van der Waals surface area contributed by atoms with Gasteiger partial charge in [0.15, 0.2) is 6.23 Å². The second-order valence-electron chi connectivity index (χ2n) is 3.78. The monoisotopic (exact) mass is 273 g/mol. The van der Waals surface area contributed by atoms with E-state index in [1.807, 2.05) is 0 Å². The molecule has 0 radical (unpaired) electrons. The molecule has 0 aliphatic carbocycles. The normalized spacial score (nSPS) is 29.2. The number of piperidine rings is 1. The van der Waals surface area contributed by atoms with E-state index in [-0.39, 0.29) is 11.3 Å². The number of hydrogen-bond donors (Lipinski definition) is 1. The van der Waals surface area contributed by atoms with Gasteiger partial charge in [0.05, 0.1) is 0 Å². The maximum Gasteiger partial charge on any atom is 0.471 e. The molecule has 1 saturated heterocycles. The first-order valence-corrected chi connectivity index (χ1v) is 4.99. The number of carbonyl (C=O) groups is 2. The van der Waals surface area contributed by atoms with Crippen molar-refractivity contribution in [1.29, 1.82) is 0 Å². The van der Waals surface area contributed by atoms with Gasteiger partial charge in [-0.2, -0.15) is 13.2 Å². The van der Waals surface area contributed by atoms with E-state index in [0.717, 1.165) is 7.11 Å². The third-order valence-electron chi connectivity index (χ3n) is 2.64. The van der Waals surface area contributed by atoms with Gasteiger partial charge < -0.3 is 9.84 Å². The Hall–Kier alpha value is -1.38. The Morgan fingerprint density at radius 3 is 2.28 bits per heavy atom. The molecular weight excluding hydrogens is 262 g/mol. The van der Waals surface area contributed by atoms with Crippen LogP contribution in [0.3, 0.4) is 0 Å². The van der Waals surface area contributed by atoms with Crippen LogP contribution >= 0.6 is 0 Å². The standard InChI is InChI=1S/C9H11F4NO4/c1-18-6-4(10)2-3-5(7(15)16)14(6)8(17)9(11,12)13/h4-6H,2-3H2,1H3,(H,15,16). The number of nitrogens with zero attached hydrogens (tertiary/aromatic N) is 1. The van der Waals surface area contributed by atoms with Gasteiger partial charge in [0.2, 0.25) is 0 Å². The SMILES string of the molecule is COC1C(F)CCC(C(=O)O)N1C(=O)C(F)(F)F. The molecule has 0 aromatic heterocycles. The van der Waals surface area contributed by atoms with Crippen LogP contribution in [0.1, 0.15) is 12.8 Å². The molecule has 3 unspecified atom stereocenters. The zero-order valence-electron chi connectivity index (χ0n) is 9.28. The molecule has 1 fully saturated rings. The summed E-state index contributed by atoms with van der Waals surface area (Å²) in [5, 5.41) is 8.78. The number of carboxylic acids is 1. The fourth-order valence-corrected chi connectivity index (χ4v) is 1.86. The Bertz CT molecular complexity index is 346. The third kappa shape index (κ3) is 2.71. The zero-order chi connectivity index (χ0) is 14.1. The quantitative estimate of drug-likeness (QED) is 0.760. The summed E-state index contributed by atoms with van der Waals surface area (Å²) in [6, 6.07) is -1.74. The minimum atomic E-state index is -5.28. The van der Waals surface area contributed by atoms with E-state index in [9.17, 15) is 27.2 Å². The summed E-state index contributed by atoms with van der Waals surface area (Å²) >= 11 is 0. The number of carbonyl (C=O) groups excluding carboxylic acids is 1. The number of likely N-dealkylation sites (tertiary alicyclic amines) is 1. The van der Waals surface area contributed by atoms with Gasteiger partial charge in [-0.15, -0.1) is 0 Å². The molecule has 1 aliphatic rings. The molecule has 3 atom stereocenters. The lowest BCUT2D eigenvalue weighted by Gasteiger charge is -2.40. The lowest BCUT2D eigenvalue weighted by Crippen LogP contribution is -2.61. The average molecular weight is 273 g/mol. The summed E-state index contributed by atoms with van der Waals surface area (Å²) in [6.45, 7) is 0. The molecule has 9 heteroatoms. The van der Waals surface area contributed by atoms with E-state index in [4.69, 9.17) is 5.11 Å². The molecule has 0 aromatic rings. The van der Waals surface area contributed by atoms with E-state index in [1.54, 1.807) is 0 Å². The Kier molecular flexibility index (Phi) is 4.15. The van der Waals surface area contributed by atoms with Crippen molar-refractivity contribution in [2.24, 2.45) is 0 Å². The van der Waals surface area contributed by atoms with E-state index >= 15 is 0 Å². The summed E-state index contributed by atoms with van der Waals surface area (Å²) in [4.78, 5) is 21.9. The van der Waals surface area contributed by atoms with Crippen LogP contribution in [0.5, 0.6) is 0 Å². The van der Waals surface area contributed by atoms with E-state index < -0.39 is 42.9 Å². The predicted octanol–water partition coefficient (Wildman–Crippen LogP) is 0.935. The van der Waals surface area contributed by atoms with Crippen molar-refractivity contribution in [3.8, 4) is 0 Å². The van der Waals surface area contributed by atoms with Gasteiger partial charge in [-0.05, 0) is 12.8 Å². The highest BCUT2D eigenvalue weighted by Crippen LogP contribution is 2.31. The van der Waals surface area contributed by atoms with Gasteiger partial charge in [-0.3, -0.25) is 9.69 Å². The molecule has 0 saturated carbocycles. The Balaban J connectivity index is 3.09. The van der Waals surface area contributed by atoms with Crippen LogP contribution in [0.15, 0.2) is 0 Å². The zero-order valence-corrected chi connectivity index (χ0v) is 9.28. The van der Waals surface area contributed by atoms with Crippen molar-refractivity contribution in [1.82, 2.24) is 4.90 Å². The van der Waals surface area contributed by atoms with Crippen LogP contribution in [0, 0.1) is 0 Å². The van der Waals surface area contributed by atoms with Crippen LogP contribution in [-0.4, -0.2) is 53.6 Å². The first-order chi connectivity index (χ1) is 8.20. The minimum absolute atomic E-state index is 0.0868. The van der Waals surface area contributed by atoms with Crippen molar-refractivity contribution in [2.75, 3.05) is 7.11 Å². The maximum atomic E-state index is 13.4. The summed E-state index contributed by atoms with van der Waals surface area (Å²) in [5.74, 6) is -4.04. The second kappa shape index (κ2) is 5.09.